The highest BCUT2D eigenvalue weighted by molar-refractivity contribution is 8.06. The van der Waals surface area contributed by atoms with Crippen LogP contribution in [0.15, 0.2) is 0 Å². The SMILES string of the molecule is CN(C)CC1[S@](=O)CC[S@]1=O. The predicted octanol–water partition coefficient (Wildman–Crippen LogP) is -0.615. The minimum atomic E-state index is -0.853. The monoisotopic (exact) mass is 195 g/mol. The summed E-state index contributed by atoms with van der Waals surface area (Å²) in [6.45, 7) is 0.680. The fourth-order valence-electron chi connectivity index (χ4n) is 1.01. The van der Waals surface area contributed by atoms with Gasteiger partial charge < -0.3 is 4.90 Å². The van der Waals surface area contributed by atoms with Crippen molar-refractivity contribution >= 4 is 21.6 Å². The Kier molecular flexibility index (Phi) is 3.21. The van der Waals surface area contributed by atoms with Gasteiger partial charge in [0, 0.05) is 39.6 Å². The third kappa shape index (κ3) is 2.35. The van der Waals surface area contributed by atoms with Gasteiger partial charge in [-0.2, -0.15) is 0 Å². The van der Waals surface area contributed by atoms with Gasteiger partial charge in [-0.1, -0.05) is 0 Å². The lowest BCUT2D eigenvalue weighted by Crippen LogP contribution is -2.29. The molecule has 0 bridgehead atoms. The first-order chi connectivity index (χ1) is 5.11. The van der Waals surface area contributed by atoms with Crippen LogP contribution < -0.4 is 0 Å². The molecule has 1 rings (SSSR count). The molecule has 0 saturated carbocycles. The van der Waals surface area contributed by atoms with Crippen LogP contribution in [0.3, 0.4) is 0 Å². The van der Waals surface area contributed by atoms with E-state index in [1.807, 2.05) is 19.0 Å². The van der Waals surface area contributed by atoms with Gasteiger partial charge in [-0.05, 0) is 14.1 Å². The van der Waals surface area contributed by atoms with E-state index in [4.69, 9.17) is 0 Å². The van der Waals surface area contributed by atoms with Gasteiger partial charge in [0.05, 0.1) is 0 Å². The Morgan fingerprint density at radius 3 is 2.09 bits per heavy atom. The molecule has 11 heavy (non-hydrogen) atoms. The van der Waals surface area contributed by atoms with E-state index >= 15 is 0 Å². The molecule has 5 heteroatoms. The Labute approximate surface area is 72.1 Å². The highest BCUT2D eigenvalue weighted by Gasteiger charge is 2.30. The van der Waals surface area contributed by atoms with Crippen LogP contribution >= 0.6 is 0 Å². The first kappa shape index (κ1) is 9.35. The van der Waals surface area contributed by atoms with Crippen molar-refractivity contribution in [2.45, 2.75) is 4.58 Å². The first-order valence-corrected chi connectivity index (χ1v) is 6.27. The van der Waals surface area contributed by atoms with Crippen molar-refractivity contribution in [3.05, 3.63) is 0 Å². The highest BCUT2D eigenvalue weighted by Crippen LogP contribution is 2.12. The molecule has 0 aromatic carbocycles. The molecule has 2 atom stereocenters. The molecule has 1 heterocycles. The van der Waals surface area contributed by atoms with E-state index in [0.29, 0.717) is 18.1 Å². The molecule has 0 radical (unpaired) electrons. The lowest BCUT2D eigenvalue weighted by atomic mass is 10.7. The Hall–Kier alpha value is 0.260. The van der Waals surface area contributed by atoms with E-state index in [1.165, 1.54) is 0 Å². The average Bonchev–Trinajstić information content (AvgIpc) is 2.18. The van der Waals surface area contributed by atoms with Gasteiger partial charge in [-0.25, -0.2) is 0 Å². The van der Waals surface area contributed by atoms with Gasteiger partial charge >= 0.3 is 0 Å². The summed E-state index contributed by atoms with van der Waals surface area (Å²) in [5.74, 6) is 1.23. The van der Waals surface area contributed by atoms with Gasteiger partial charge in [0.2, 0.25) is 0 Å². The molecule has 0 spiro atoms. The van der Waals surface area contributed by atoms with Crippen molar-refractivity contribution in [2.24, 2.45) is 0 Å². The minimum absolute atomic E-state index is 0.106. The minimum Gasteiger partial charge on any atom is -0.307 e. The maximum atomic E-state index is 11.2. The van der Waals surface area contributed by atoms with Crippen LogP contribution in [0, 0.1) is 0 Å². The standard InChI is InChI=1S/C6H13NO2S2/c1-7(2)5-6-10(8)3-4-11(6)9/h6H,3-5H2,1-2H3/t10-,11-/m1/s1. The fourth-order valence-corrected chi connectivity index (χ4v) is 5.32. The Morgan fingerprint density at radius 2 is 1.73 bits per heavy atom. The molecule has 1 fully saturated rings. The predicted molar refractivity (Wildman–Crippen MR) is 48.4 cm³/mol. The third-order valence-corrected chi connectivity index (χ3v) is 5.82. The van der Waals surface area contributed by atoms with Gasteiger partial charge in [0.1, 0.15) is 4.58 Å². The second-order valence-corrected chi connectivity index (χ2v) is 6.64. The molecule has 66 valence electrons. The number of hydrogen-bond donors (Lipinski definition) is 0. The van der Waals surface area contributed by atoms with E-state index in [9.17, 15) is 8.42 Å². The summed E-state index contributed by atoms with van der Waals surface area (Å²) < 4.78 is 22.3. The molecule has 3 nitrogen and oxygen atoms in total. The molecule has 0 unspecified atom stereocenters. The molecule has 0 N–H and O–H groups in total. The van der Waals surface area contributed by atoms with Crippen LogP contribution in [-0.4, -0.2) is 50.0 Å². The lowest BCUT2D eigenvalue weighted by Gasteiger charge is -2.13. The molecular weight excluding hydrogens is 182 g/mol. The molecule has 1 aliphatic heterocycles. The summed E-state index contributed by atoms with van der Waals surface area (Å²) in [6.07, 6.45) is 0. The molecule has 0 aromatic heterocycles. The highest BCUT2D eigenvalue weighted by atomic mass is 32.3. The van der Waals surface area contributed by atoms with Crippen LogP contribution in [0.1, 0.15) is 0 Å². The van der Waals surface area contributed by atoms with Crippen molar-refractivity contribution < 1.29 is 8.42 Å². The summed E-state index contributed by atoms with van der Waals surface area (Å²) in [4.78, 5) is 1.94. The zero-order chi connectivity index (χ0) is 8.43. The average molecular weight is 195 g/mol. The van der Waals surface area contributed by atoms with Crippen molar-refractivity contribution in [2.75, 3.05) is 32.1 Å². The molecular formula is C6H13NO2S2. The van der Waals surface area contributed by atoms with Gasteiger partial charge in [0.15, 0.2) is 0 Å². The largest absolute Gasteiger partial charge is 0.307 e. The summed E-state index contributed by atoms with van der Waals surface area (Å²) in [5, 5.41) is 0. The number of rotatable bonds is 2. The van der Waals surface area contributed by atoms with Crippen molar-refractivity contribution in [1.82, 2.24) is 4.90 Å². The lowest BCUT2D eigenvalue weighted by molar-refractivity contribution is 0.427. The van der Waals surface area contributed by atoms with E-state index in [0.717, 1.165) is 0 Å². The Morgan fingerprint density at radius 1 is 1.27 bits per heavy atom. The molecule has 0 aliphatic carbocycles. The number of nitrogens with zero attached hydrogens (tertiary/aromatic N) is 1. The summed E-state index contributed by atoms with van der Waals surface area (Å²) in [6, 6.07) is 0. The van der Waals surface area contributed by atoms with E-state index in [2.05, 4.69) is 0 Å². The maximum absolute atomic E-state index is 11.2. The van der Waals surface area contributed by atoms with E-state index < -0.39 is 21.6 Å². The Balaban J connectivity index is 2.55. The normalized spacial score (nSPS) is 33.4. The second-order valence-electron chi connectivity index (χ2n) is 2.86. The van der Waals surface area contributed by atoms with Crippen LogP contribution in [0.4, 0.5) is 0 Å². The second kappa shape index (κ2) is 3.78. The Bertz CT molecular complexity index is 177. The first-order valence-electron chi connectivity index (χ1n) is 3.50. The smallest absolute Gasteiger partial charge is 0.123 e. The molecule has 1 aliphatic rings. The number of hydrogen-bond acceptors (Lipinski definition) is 3. The van der Waals surface area contributed by atoms with Crippen LogP contribution in [-0.2, 0) is 21.6 Å². The molecule has 1 saturated heterocycles. The quantitative estimate of drug-likeness (QED) is 0.589. The van der Waals surface area contributed by atoms with Crippen LogP contribution in [0.5, 0.6) is 0 Å². The molecule has 0 aromatic rings. The fraction of sp³-hybridized carbons (Fsp3) is 1.00. The van der Waals surface area contributed by atoms with Crippen molar-refractivity contribution in [3.8, 4) is 0 Å². The molecule has 0 amide bonds. The zero-order valence-electron chi connectivity index (χ0n) is 6.78. The van der Waals surface area contributed by atoms with Crippen molar-refractivity contribution in [3.63, 3.8) is 0 Å². The van der Waals surface area contributed by atoms with Gasteiger partial charge in [0.25, 0.3) is 0 Å². The van der Waals surface area contributed by atoms with E-state index in [1.54, 1.807) is 0 Å². The van der Waals surface area contributed by atoms with Gasteiger partial charge in [-0.3, -0.25) is 8.42 Å². The maximum Gasteiger partial charge on any atom is 0.123 e. The summed E-state index contributed by atoms with van der Waals surface area (Å²) in [7, 11) is 2.11. The van der Waals surface area contributed by atoms with Crippen LogP contribution in [0.2, 0.25) is 0 Å². The topological polar surface area (TPSA) is 37.4 Å². The van der Waals surface area contributed by atoms with Crippen molar-refractivity contribution in [1.29, 1.82) is 0 Å². The van der Waals surface area contributed by atoms with Crippen LogP contribution in [0.25, 0.3) is 0 Å². The summed E-state index contributed by atoms with van der Waals surface area (Å²) >= 11 is 0. The zero-order valence-corrected chi connectivity index (χ0v) is 8.41. The van der Waals surface area contributed by atoms with E-state index in [-0.39, 0.29) is 4.58 Å². The summed E-state index contributed by atoms with van der Waals surface area (Å²) in [5.41, 5.74) is 0. The van der Waals surface area contributed by atoms with Gasteiger partial charge in [-0.15, -0.1) is 0 Å². The third-order valence-electron chi connectivity index (χ3n) is 1.59.